The molecule has 7 heteroatoms. The highest BCUT2D eigenvalue weighted by Gasteiger charge is 2.36. The molecule has 1 aliphatic rings. The maximum absolute atomic E-state index is 12.4. The molecule has 0 aliphatic heterocycles. The summed E-state index contributed by atoms with van der Waals surface area (Å²) in [6, 6.07) is 3.02. The number of hydrogen-bond acceptors (Lipinski definition) is 2. The van der Waals surface area contributed by atoms with Crippen molar-refractivity contribution in [1.29, 1.82) is 0 Å². The smallest absolute Gasteiger partial charge is 0.207 e. The van der Waals surface area contributed by atoms with Gasteiger partial charge in [0, 0.05) is 24.0 Å². The monoisotopic (exact) mass is 327 g/mol. The van der Waals surface area contributed by atoms with Gasteiger partial charge in [0.1, 0.15) is 4.90 Å². The van der Waals surface area contributed by atoms with E-state index >= 15 is 0 Å². The number of rotatable bonds is 4. The maximum atomic E-state index is 12.4. The molecule has 0 aromatic heterocycles. The number of alkyl halides is 1. The van der Waals surface area contributed by atoms with Crippen LogP contribution in [0, 0.1) is 0 Å². The lowest BCUT2D eigenvalue weighted by molar-refractivity contribution is 0.464. The zero-order chi connectivity index (χ0) is 13.5. The van der Waals surface area contributed by atoms with E-state index in [1.165, 1.54) is 10.4 Å². The number of hydrogen-bond donors (Lipinski definition) is 0. The molecule has 2 rings (SSSR count). The van der Waals surface area contributed by atoms with Gasteiger partial charge in [-0.15, -0.1) is 11.6 Å². The fraction of sp³-hybridized carbons (Fsp3) is 0.455. The lowest BCUT2D eigenvalue weighted by Crippen LogP contribution is -2.29. The second-order valence-electron chi connectivity index (χ2n) is 4.26. The van der Waals surface area contributed by atoms with Gasteiger partial charge < -0.3 is 0 Å². The molecule has 18 heavy (non-hydrogen) atoms. The summed E-state index contributed by atoms with van der Waals surface area (Å²) in [5, 5.41) is 0.472. The van der Waals surface area contributed by atoms with Crippen molar-refractivity contribution < 1.29 is 8.42 Å². The fourth-order valence-electron chi connectivity index (χ4n) is 1.69. The summed E-state index contributed by atoms with van der Waals surface area (Å²) in [5.74, 6) is 0.120. The molecule has 0 bridgehead atoms. The molecule has 0 unspecified atom stereocenters. The molecule has 100 valence electrons. The van der Waals surface area contributed by atoms with E-state index in [4.69, 9.17) is 34.8 Å². The molecule has 1 aromatic carbocycles. The topological polar surface area (TPSA) is 37.4 Å². The Morgan fingerprint density at radius 1 is 1.33 bits per heavy atom. The number of halogens is 3. The SMILES string of the molecule is CN(C1CC1)S(=O)(=O)c1cc(Cl)cc(CCl)c1Cl. The van der Waals surface area contributed by atoms with E-state index < -0.39 is 10.0 Å². The normalized spacial score (nSPS) is 16.3. The Balaban J connectivity index is 2.53. The lowest BCUT2D eigenvalue weighted by Gasteiger charge is -2.18. The van der Waals surface area contributed by atoms with Crippen LogP contribution in [0.25, 0.3) is 0 Å². The highest BCUT2D eigenvalue weighted by Crippen LogP contribution is 2.36. The van der Waals surface area contributed by atoms with Crippen LogP contribution in [-0.2, 0) is 15.9 Å². The molecule has 0 spiro atoms. The lowest BCUT2D eigenvalue weighted by atomic mass is 10.2. The largest absolute Gasteiger partial charge is 0.244 e. The molecular formula is C11H12Cl3NO2S. The van der Waals surface area contributed by atoms with Crippen LogP contribution >= 0.6 is 34.8 Å². The Labute approximate surface area is 122 Å². The van der Waals surface area contributed by atoms with Gasteiger partial charge in [-0.3, -0.25) is 0 Å². The van der Waals surface area contributed by atoms with Crippen LogP contribution in [0.2, 0.25) is 10.0 Å². The Morgan fingerprint density at radius 2 is 1.94 bits per heavy atom. The first-order chi connectivity index (χ1) is 8.37. The standard InChI is InChI=1S/C11H12Cl3NO2S/c1-15(9-2-3-9)18(16,17)10-5-8(13)4-7(6-12)11(10)14/h4-5,9H,2-3,6H2,1H3. The van der Waals surface area contributed by atoms with E-state index in [2.05, 4.69) is 0 Å². The van der Waals surface area contributed by atoms with E-state index in [-0.39, 0.29) is 21.8 Å². The first-order valence-electron chi connectivity index (χ1n) is 5.40. The van der Waals surface area contributed by atoms with E-state index in [9.17, 15) is 8.42 Å². The number of sulfonamides is 1. The van der Waals surface area contributed by atoms with Crippen molar-refractivity contribution in [3.8, 4) is 0 Å². The summed E-state index contributed by atoms with van der Waals surface area (Å²) < 4.78 is 26.1. The minimum Gasteiger partial charge on any atom is -0.207 e. The molecule has 0 heterocycles. The van der Waals surface area contributed by atoms with Crippen LogP contribution in [0.1, 0.15) is 18.4 Å². The molecule has 1 saturated carbocycles. The van der Waals surface area contributed by atoms with Crippen molar-refractivity contribution in [1.82, 2.24) is 4.31 Å². The minimum absolute atomic E-state index is 0.0294. The molecule has 0 radical (unpaired) electrons. The Bertz CT molecular complexity index is 570. The summed E-state index contributed by atoms with van der Waals surface area (Å²) >= 11 is 17.7. The Hall–Kier alpha value is -0.000000000000000111. The minimum atomic E-state index is -3.60. The van der Waals surface area contributed by atoms with Crippen molar-refractivity contribution >= 4 is 44.8 Å². The highest BCUT2D eigenvalue weighted by atomic mass is 35.5. The molecule has 1 aliphatic carbocycles. The Morgan fingerprint density at radius 3 is 2.44 bits per heavy atom. The molecule has 3 nitrogen and oxygen atoms in total. The molecule has 0 saturated heterocycles. The predicted octanol–water partition coefficient (Wildman–Crippen LogP) is 3.52. The molecule has 0 atom stereocenters. The summed E-state index contributed by atoms with van der Waals surface area (Å²) in [6.45, 7) is 0. The Kier molecular flexibility index (Phi) is 4.14. The summed E-state index contributed by atoms with van der Waals surface area (Å²) in [6.07, 6.45) is 1.77. The summed E-state index contributed by atoms with van der Waals surface area (Å²) in [5.41, 5.74) is 0.522. The van der Waals surface area contributed by atoms with Crippen LogP contribution in [0.4, 0.5) is 0 Å². The summed E-state index contributed by atoms with van der Waals surface area (Å²) in [4.78, 5) is 0.0294. The van der Waals surface area contributed by atoms with Crippen molar-refractivity contribution in [2.24, 2.45) is 0 Å². The number of benzene rings is 1. The van der Waals surface area contributed by atoms with Gasteiger partial charge in [-0.25, -0.2) is 8.42 Å². The molecular weight excluding hydrogens is 317 g/mol. The maximum Gasteiger partial charge on any atom is 0.244 e. The summed E-state index contributed by atoms with van der Waals surface area (Å²) in [7, 11) is -2.04. The van der Waals surface area contributed by atoms with Crippen molar-refractivity contribution in [2.75, 3.05) is 7.05 Å². The van der Waals surface area contributed by atoms with Gasteiger partial charge in [0.15, 0.2) is 0 Å². The average Bonchev–Trinajstić information content (AvgIpc) is 3.14. The highest BCUT2D eigenvalue weighted by molar-refractivity contribution is 7.89. The van der Waals surface area contributed by atoms with Crippen LogP contribution in [0.15, 0.2) is 17.0 Å². The molecule has 0 amide bonds. The van der Waals surface area contributed by atoms with Crippen LogP contribution in [0.5, 0.6) is 0 Å². The van der Waals surface area contributed by atoms with Crippen molar-refractivity contribution in [3.05, 3.63) is 27.7 Å². The van der Waals surface area contributed by atoms with Crippen LogP contribution in [-0.4, -0.2) is 25.8 Å². The molecule has 0 N–H and O–H groups in total. The van der Waals surface area contributed by atoms with E-state index in [1.54, 1.807) is 13.1 Å². The van der Waals surface area contributed by atoms with Gasteiger partial charge in [-0.2, -0.15) is 4.31 Å². The van der Waals surface area contributed by atoms with Gasteiger partial charge in [0.25, 0.3) is 0 Å². The van der Waals surface area contributed by atoms with Crippen molar-refractivity contribution in [3.63, 3.8) is 0 Å². The van der Waals surface area contributed by atoms with E-state index in [0.29, 0.717) is 10.6 Å². The van der Waals surface area contributed by atoms with Gasteiger partial charge >= 0.3 is 0 Å². The molecule has 1 aromatic rings. The number of nitrogens with zero attached hydrogens (tertiary/aromatic N) is 1. The van der Waals surface area contributed by atoms with Gasteiger partial charge in [0.05, 0.1) is 5.02 Å². The van der Waals surface area contributed by atoms with E-state index in [1.807, 2.05) is 0 Å². The van der Waals surface area contributed by atoms with Gasteiger partial charge in [-0.1, -0.05) is 23.2 Å². The average molecular weight is 329 g/mol. The zero-order valence-corrected chi connectivity index (χ0v) is 12.7. The second-order valence-corrected chi connectivity index (χ2v) is 7.31. The quantitative estimate of drug-likeness (QED) is 0.793. The predicted molar refractivity (Wildman–Crippen MR) is 74.0 cm³/mol. The third-order valence-electron chi connectivity index (χ3n) is 2.94. The van der Waals surface area contributed by atoms with Crippen molar-refractivity contribution in [2.45, 2.75) is 29.7 Å². The van der Waals surface area contributed by atoms with Gasteiger partial charge in [-0.05, 0) is 30.5 Å². The second kappa shape index (κ2) is 5.17. The van der Waals surface area contributed by atoms with Crippen LogP contribution in [0.3, 0.4) is 0 Å². The third kappa shape index (κ3) is 2.63. The van der Waals surface area contributed by atoms with E-state index in [0.717, 1.165) is 12.8 Å². The zero-order valence-electron chi connectivity index (χ0n) is 9.66. The fourth-order valence-corrected chi connectivity index (χ4v) is 4.29. The van der Waals surface area contributed by atoms with Crippen LogP contribution < -0.4 is 0 Å². The van der Waals surface area contributed by atoms with Gasteiger partial charge in [0.2, 0.25) is 10.0 Å². The first-order valence-corrected chi connectivity index (χ1v) is 8.13. The molecule has 1 fully saturated rings. The first kappa shape index (κ1) is 14.4. The third-order valence-corrected chi connectivity index (χ3v) is 5.94.